The average molecular weight is 357 g/mol. The third-order valence-corrected chi connectivity index (χ3v) is 5.30. The van der Waals surface area contributed by atoms with Gasteiger partial charge in [-0.3, -0.25) is 4.57 Å². The van der Waals surface area contributed by atoms with Gasteiger partial charge in [0.25, 0.3) is 0 Å². The summed E-state index contributed by atoms with van der Waals surface area (Å²) in [6.45, 7) is 2.14. The normalized spacial score (nSPS) is 11.6. The van der Waals surface area contributed by atoms with Gasteiger partial charge in [-0.25, -0.2) is 4.98 Å². The van der Waals surface area contributed by atoms with E-state index in [0.29, 0.717) is 0 Å². The fourth-order valence-corrected chi connectivity index (χ4v) is 4.05. The lowest BCUT2D eigenvalue weighted by atomic mass is 10.1. The summed E-state index contributed by atoms with van der Waals surface area (Å²) in [4.78, 5) is 4.97. The maximum atomic E-state index is 6.59. The number of benzene rings is 4. The molecular weight excluding hydrogens is 340 g/mol. The summed E-state index contributed by atoms with van der Waals surface area (Å²) in [5.74, 6) is 1.04. The Bertz CT molecular complexity index is 1280. The molecule has 1 aromatic heterocycles. The molecule has 0 fully saturated rings. The Labute approximate surface area is 156 Å². The van der Waals surface area contributed by atoms with Crippen molar-refractivity contribution in [2.45, 2.75) is 13.3 Å². The van der Waals surface area contributed by atoms with Gasteiger partial charge in [0, 0.05) is 22.9 Å². The Morgan fingerprint density at radius 2 is 1.58 bits per heavy atom. The summed E-state index contributed by atoms with van der Waals surface area (Å²) in [5.41, 5.74) is 3.22. The van der Waals surface area contributed by atoms with E-state index in [2.05, 4.69) is 66.1 Å². The van der Waals surface area contributed by atoms with Crippen molar-refractivity contribution < 1.29 is 0 Å². The topological polar surface area (TPSA) is 17.8 Å². The van der Waals surface area contributed by atoms with E-state index in [4.69, 9.17) is 16.6 Å². The van der Waals surface area contributed by atoms with Gasteiger partial charge in [-0.15, -0.1) is 0 Å². The Balaban J connectivity index is 1.88. The number of nitrogens with zero attached hydrogens (tertiary/aromatic N) is 2. The first-order valence-corrected chi connectivity index (χ1v) is 9.22. The summed E-state index contributed by atoms with van der Waals surface area (Å²) in [5, 5.41) is 5.38. The molecule has 5 rings (SSSR count). The SMILES string of the molecule is CCc1nc2c3ccccc3ccc2n1-c1cc(Cl)c2ccccc2c1. The second-order valence-corrected chi connectivity index (χ2v) is 6.93. The van der Waals surface area contributed by atoms with Gasteiger partial charge in [-0.1, -0.05) is 73.1 Å². The second-order valence-electron chi connectivity index (χ2n) is 6.52. The second kappa shape index (κ2) is 5.86. The van der Waals surface area contributed by atoms with Crippen molar-refractivity contribution in [1.29, 1.82) is 0 Å². The van der Waals surface area contributed by atoms with Crippen molar-refractivity contribution in [3.8, 4) is 5.69 Å². The van der Waals surface area contributed by atoms with E-state index < -0.39 is 0 Å². The van der Waals surface area contributed by atoms with Crippen LogP contribution in [0.25, 0.3) is 38.3 Å². The third kappa shape index (κ3) is 2.23. The van der Waals surface area contributed by atoms with E-state index >= 15 is 0 Å². The van der Waals surface area contributed by atoms with Crippen LogP contribution >= 0.6 is 11.6 Å². The Morgan fingerprint density at radius 1 is 0.846 bits per heavy atom. The summed E-state index contributed by atoms with van der Waals surface area (Å²) < 4.78 is 2.24. The molecule has 0 N–H and O–H groups in total. The van der Waals surface area contributed by atoms with Gasteiger partial charge in [0.1, 0.15) is 5.82 Å². The Hall–Kier alpha value is -2.84. The summed E-state index contributed by atoms with van der Waals surface area (Å²) >= 11 is 6.59. The van der Waals surface area contributed by atoms with Crippen LogP contribution in [0.5, 0.6) is 0 Å². The van der Waals surface area contributed by atoms with E-state index in [1.807, 2.05) is 18.2 Å². The quantitative estimate of drug-likeness (QED) is 0.350. The molecular formula is C23H17ClN2. The van der Waals surface area contributed by atoms with Crippen molar-refractivity contribution in [3.63, 3.8) is 0 Å². The molecule has 4 aromatic carbocycles. The first kappa shape index (κ1) is 15.4. The van der Waals surface area contributed by atoms with Crippen LogP contribution in [0.2, 0.25) is 5.02 Å². The van der Waals surface area contributed by atoms with E-state index in [1.165, 1.54) is 10.8 Å². The molecule has 0 spiro atoms. The van der Waals surface area contributed by atoms with Gasteiger partial charge in [-0.2, -0.15) is 0 Å². The lowest BCUT2D eigenvalue weighted by molar-refractivity contribution is 0.909. The van der Waals surface area contributed by atoms with Gasteiger partial charge < -0.3 is 0 Å². The molecule has 0 radical (unpaired) electrons. The van der Waals surface area contributed by atoms with Crippen LogP contribution in [0.4, 0.5) is 0 Å². The number of halogens is 1. The van der Waals surface area contributed by atoms with Crippen LogP contribution in [0.3, 0.4) is 0 Å². The van der Waals surface area contributed by atoms with Crippen LogP contribution in [0.15, 0.2) is 72.8 Å². The monoisotopic (exact) mass is 356 g/mol. The molecule has 0 bridgehead atoms. The lowest BCUT2D eigenvalue weighted by Crippen LogP contribution is -2.00. The molecule has 2 nitrogen and oxygen atoms in total. The van der Waals surface area contributed by atoms with E-state index in [-0.39, 0.29) is 0 Å². The zero-order valence-corrected chi connectivity index (χ0v) is 15.2. The van der Waals surface area contributed by atoms with Crippen LogP contribution in [0.1, 0.15) is 12.7 Å². The molecule has 3 heteroatoms. The van der Waals surface area contributed by atoms with Crippen molar-refractivity contribution in [2.24, 2.45) is 0 Å². The molecule has 0 unspecified atom stereocenters. The number of hydrogen-bond acceptors (Lipinski definition) is 1. The van der Waals surface area contributed by atoms with E-state index in [9.17, 15) is 0 Å². The van der Waals surface area contributed by atoms with Crippen LogP contribution in [-0.2, 0) is 6.42 Å². The minimum atomic E-state index is 0.766. The standard InChI is InChI=1S/C23H17ClN2/c1-2-22-25-23-19-10-6-3-7-15(19)11-12-21(23)26(22)17-13-16-8-4-5-9-18(16)20(24)14-17/h3-14H,2H2,1H3. The molecule has 0 aliphatic heterocycles. The van der Waals surface area contributed by atoms with Gasteiger partial charge >= 0.3 is 0 Å². The summed E-state index contributed by atoms with van der Waals surface area (Å²) in [6, 6.07) is 25.2. The highest BCUT2D eigenvalue weighted by Gasteiger charge is 2.14. The molecule has 5 aromatic rings. The molecule has 0 atom stereocenters. The highest BCUT2D eigenvalue weighted by atomic mass is 35.5. The van der Waals surface area contributed by atoms with Crippen molar-refractivity contribution in [1.82, 2.24) is 9.55 Å². The van der Waals surface area contributed by atoms with E-state index in [0.717, 1.165) is 44.8 Å². The molecule has 126 valence electrons. The largest absolute Gasteiger partial charge is 0.296 e. The fourth-order valence-electron chi connectivity index (χ4n) is 3.76. The molecule has 0 aliphatic rings. The zero-order chi connectivity index (χ0) is 17.7. The smallest absolute Gasteiger partial charge is 0.114 e. The minimum absolute atomic E-state index is 0.766. The predicted molar refractivity (Wildman–Crippen MR) is 110 cm³/mol. The number of imidazole rings is 1. The maximum absolute atomic E-state index is 6.59. The van der Waals surface area contributed by atoms with Crippen molar-refractivity contribution in [3.05, 3.63) is 83.6 Å². The van der Waals surface area contributed by atoms with Gasteiger partial charge in [-0.05, 0) is 29.0 Å². The number of hydrogen-bond donors (Lipinski definition) is 0. The molecule has 0 aliphatic carbocycles. The molecule has 0 amide bonds. The van der Waals surface area contributed by atoms with Crippen molar-refractivity contribution in [2.75, 3.05) is 0 Å². The van der Waals surface area contributed by atoms with E-state index in [1.54, 1.807) is 0 Å². The van der Waals surface area contributed by atoms with Crippen LogP contribution < -0.4 is 0 Å². The molecule has 1 heterocycles. The van der Waals surface area contributed by atoms with Crippen molar-refractivity contribution >= 4 is 44.2 Å². The van der Waals surface area contributed by atoms with Gasteiger partial charge in [0.2, 0.25) is 0 Å². The zero-order valence-electron chi connectivity index (χ0n) is 14.4. The Kier molecular flexibility index (Phi) is 3.47. The average Bonchev–Trinajstić information content (AvgIpc) is 3.07. The number of fused-ring (bicyclic) bond motifs is 4. The fraction of sp³-hybridized carbons (Fsp3) is 0.0870. The van der Waals surface area contributed by atoms with Gasteiger partial charge in [0.15, 0.2) is 0 Å². The number of aromatic nitrogens is 2. The predicted octanol–water partition coefficient (Wildman–Crippen LogP) is 6.55. The van der Waals surface area contributed by atoms with Gasteiger partial charge in [0.05, 0.1) is 16.1 Å². The Morgan fingerprint density at radius 3 is 2.38 bits per heavy atom. The summed E-state index contributed by atoms with van der Waals surface area (Å²) in [7, 11) is 0. The lowest BCUT2D eigenvalue weighted by Gasteiger charge is -2.11. The molecule has 0 saturated carbocycles. The highest BCUT2D eigenvalue weighted by Crippen LogP contribution is 2.32. The third-order valence-electron chi connectivity index (χ3n) is 4.99. The highest BCUT2D eigenvalue weighted by molar-refractivity contribution is 6.35. The maximum Gasteiger partial charge on any atom is 0.114 e. The number of aryl methyl sites for hydroxylation is 1. The minimum Gasteiger partial charge on any atom is -0.296 e. The summed E-state index contributed by atoms with van der Waals surface area (Å²) in [6.07, 6.45) is 0.855. The van der Waals surface area contributed by atoms with Crippen LogP contribution in [0, 0.1) is 0 Å². The molecule has 26 heavy (non-hydrogen) atoms. The van der Waals surface area contributed by atoms with Crippen LogP contribution in [-0.4, -0.2) is 9.55 Å². The number of rotatable bonds is 2. The molecule has 0 saturated heterocycles. The first-order chi connectivity index (χ1) is 12.8. The first-order valence-electron chi connectivity index (χ1n) is 8.84.